The lowest BCUT2D eigenvalue weighted by Gasteiger charge is -2.15. The molecule has 0 saturated heterocycles. The number of carbonyl (C=O) groups is 1. The first-order valence-electron chi connectivity index (χ1n) is 7.01. The Morgan fingerprint density at radius 2 is 1.76 bits per heavy atom. The molecule has 4 heteroatoms. The molecule has 1 amide bonds. The molecule has 0 aliphatic rings. The first kappa shape index (κ1) is 15.1. The van der Waals surface area contributed by atoms with Crippen LogP contribution >= 0.6 is 0 Å². The van der Waals surface area contributed by atoms with Gasteiger partial charge in [-0.25, -0.2) is 0 Å². The molecule has 2 aromatic carbocycles. The molecule has 0 radical (unpaired) electrons. The highest BCUT2D eigenvalue weighted by Gasteiger charge is 2.17. The van der Waals surface area contributed by atoms with Crippen molar-refractivity contribution < 1.29 is 9.90 Å². The van der Waals surface area contributed by atoms with Crippen molar-refractivity contribution in [3.05, 3.63) is 65.7 Å². The highest BCUT2D eigenvalue weighted by atomic mass is 16.3. The summed E-state index contributed by atoms with van der Waals surface area (Å²) in [6.07, 6.45) is 0.720. The zero-order valence-electron chi connectivity index (χ0n) is 11.8. The number of rotatable bonds is 6. The van der Waals surface area contributed by atoms with Gasteiger partial charge < -0.3 is 16.2 Å². The Labute approximate surface area is 124 Å². The van der Waals surface area contributed by atoms with Gasteiger partial charge in [0.1, 0.15) is 5.75 Å². The number of phenolic OH excluding ortho intramolecular Hbond substituents is 1. The van der Waals surface area contributed by atoms with Crippen LogP contribution in [0.25, 0.3) is 0 Å². The van der Waals surface area contributed by atoms with Gasteiger partial charge in [0.2, 0.25) is 5.91 Å². The number of nitrogens with one attached hydrogen (secondary N) is 1. The standard InChI is InChI=1S/C17H20N2O2/c18-12-16(14-4-2-1-3-5-14)17(21)19-11-10-13-6-8-15(20)9-7-13/h1-9,16,20H,10-12,18H2,(H,19,21). The van der Waals surface area contributed by atoms with Gasteiger partial charge in [-0.15, -0.1) is 0 Å². The van der Waals surface area contributed by atoms with E-state index in [0.717, 1.165) is 17.5 Å². The molecule has 0 heterocycles. The normalized spacial score (nSPS) is 11.9. The van der Waals surface area contributed by atoms with Gasteiger partial charge in [0.05, 0.1) is 5.92 Å². The van der Waals surface area contributed by atoms with Crippen LogP contribution in [-0.2, 0) is 11.2 Å². The van der Waals surface area contributed by atoms with Crippen LogP contribution in [0.4, 0.5) is 0 Å². The molecule has 0 fully saturated rings. The average molecular weight is 284 g/mol. The third-order valence-electron chi connectivity index (χ3n) is 3.40. The summed E-state index contributed by atoms with van der Waals surface area (Å²) in [5.41, 5.74) is 7.72. The molecule has 110 valence electrons. The second-order valence-corrected chi connectivity index (χ2v) is 4.91. The Morgan fingerprint density at radius 3 is 2.38 bits per heavy atom. The van der Waals surface area contributed by atoms with E-state index in [1.54, 1.807) is 12.1 Å². The first-order chi connectivity index (χ1) is 10.2. The molecule has 0 aliphatic heterocycles. The number of aromatic hydroxyl groups is 1. The number of carbonyl (C=O) groups excluding carboxylic acids is 1. The lowest BCUT2D eigenvalue weighted by molar-refractivity contribution is -0.122. The summed E-state index contributed by atoms with van der Waals surface area (Å²) in [5, 5.41) is 12.1. The van der Waals surface area contributed by atoms with E-state index in [0.29, 0.717) is 6.54 Å². The fourth-order valence-electron chi connectivity index (χ4n) is 2.20. The Bertz CT molecular complexity index is 567. The number of amides is 1. The van der Waals surface area contributed by atoms with Crippen LogP contribution in [0.3, 0.4) is 0 Å². The van der Waals surface area contributed by atoms with Crippen molar-refractivity contribution in [1.29, 1.82) is 0 Å². The maximum atomic E-state index is 12.2. The summed E-state index contributed by atoms with van der Waals surface area (Å²) in [6, 6.07) is 16.5. The van der Waals surface area contributed by atoms with Gasteiger partial charge in [-0.05, 0) is 29.7 Å². The van der Waals surface area contributed by atoms with Crippen molar-refractivity contribution in [3.8, 4) is 5.75 Å². The fraction of sp³-hybridized carbons (Fsp3) is 0.235. The maximum absolute atomic E-state index is 12.2. The number of nitrogens with two attached hydrogens (primary N) is 1. The van der Waals surface area contributed by atoms with E-state index in [4.69, 9.17) is 5.73 Å². The molecule has 4 nitrogen and oxygen atoms in total. The van der Waals surface area contributed by atoms with E-state index in [-0.39, 0.29) is 24.1 Å². The highest BCUT2D eigenvalue weighted by Crippen LogP contribution is 2.14. The molecule has 2 rings (SSSR count). The minimum Gasteiger partial charge on any atom is -0.508 e. The molecule has 1 unspecified atom stereocenters. The van der Waals surface area contributed by atoms with Gasteiger partial charge in [0.15, 0.2) is 0 Å². The largest absolute Gasteiger partial charge is 0.508 e. The Balaban J connectivity index is 1.87. The van der Waals surface area contributed by atoms with Crippen LogP contribution in [0.5, 0.6) is 5.75 Å². The van der Waals surface area contributed by atoms with E-state index in [9.17, 15) is 9.90 Å². The Hall–Kier alpha value is -2.33. The predicted molar refractivity (Wildman–Crippen MR) is 83.1 cm³/mol. The molecule has 0 aromatic heterocycles. The Kier molecular flexibility index (Phi) is 5.35. The zero-order chi connectivity index (χ0) is 15.1. The van der Waals surface area contributed by atoms with Crippen molar-refractivity contribution in [1.82, 2.24) is 5.32 Å². The van der Waals surface area contributed by atoms with Crippen LogP contribution in [0.2, 0.25) is 0 Å². The summed E-state index contributed by atoms with van der Waals surface area (Å²) < 4.78 is 0. The van der Waals surface area contributed by atoms with Crippen LogP contribution < -0.4 is 11.1 Å². The third-order valence-corrected chi connectivity index (χ3v) is 3.40. The van der Waals surface area contributed by atoms with Crippen LogP contribution in [0, 0.1) is 0 Å². The molecule has 21 heavy (non-hydrogen) atoms. The summed E-state index contributed by atoms with van der Waals surface area (Å²) in [6.45, 7) is 0.835. The molecular weight excluding hydrogens is 264 g/mol. The molecular formula is C17H20N2O2. The molecule has 0 bridgehead atoms. The molecule has 2 aromatic rings. The molecule has 4 N–H and O–H groups in total. The Morgan fingerprint density at radius 1 is 1.10 bits per heavy atom. The molecule has 0 spiro atoms. The van der Waals surface area contributed by atoms with Crippen LogP contribution in [0.1, 0.15) is 17.0 Å². The second kappa shape index (κ2) is 7.45. The fourth-order valence-corrected chi connectivity index (χ4v) is 2.20. The lowest BCUT2D eigenvalue weighted by Crippen LogP contribution is -2.34. The molecule has 0 saturated carbocycles. The van der Waals surface area contributed by atoms with E-state index in [1.165, 1.54) is 0 Å². The van der Waals surface area contributed by atoms with Crippen molar-refractivity contribution in [2.75, 3.05) is 13.1 Å². The van der Waals surface area contributed by atoms with Gasteiger partial charge in [-0.1, -0.05) is 42.5 Å². The van der Waals surface area contributed by atoms with E-state index in [2.05, 4.69) is 5.32 Å². The first-order valence-corrected chi connectivity index (χ1v) is 7.01. The van der Waals surface area contributed by atoms with Gasteiger partial charge in [-0.3, -0.25) is 4.79 Å². The van der Waals surface area contributed by atoms with Crippen molar-refractivity contribution >= 4 is 5.91 Å². The van der Waals surface area contributed by atoms with Crippen molar-refractivity contribution in [2.24, 2.45) is 5.73 Å². The summed E-state index contributed by atoms with van der Waals surface area (Å²) in [4.78, 5) is 12.2. The molecule has 1 atom stereocenters. The lowest BCUT2D eigenvalue weighted by atomic mass is 9.98. The van der Waals surface area contributed by atoms with Crippen molar-refractivity contribution in [3.63, 3.8) is 0 Å². The minimum absolute atomic E-state index is 0.0533. The second-order valence-electron chi connectivity index (χ2n) is 4.91. The maximum Gasteiger partial charge on any atom is 0.228 e. The van der Waals surface area contributed by atoms with Crippen LogP contribution in [-0.4, -0.2) is 24.1 Å². The minimum atomic E-state index is -0.314. The quantitative estimate of drug-likeness (QED) is 0.757. The van der Waals surface area contributed by atoms with Gasteiger partial charge in [-0.2, -0.15) is 0 Å². The monoisotopic (exact) mass is 284 g/mol. The topological polar surface area (TPSA) is 75.4 Å². The molecule has 0 aliphatic carbocycles. The number of phenols is 1. The van der Waals surface area contributed by atoms with E-state index in [1.807, 2.05) is 42.5 Å². The van der Waals surface area contributed by atoms with Gasteiger partial charge in [0.25, 0.3) is 0 Å². The SMILES string of the molecule is NCC(C(=O)NCCc1ccc(O)cc1)c1ccccc1. The number of hydrogen-bond donors (Lipinski definition) is 3. The van der Waals surface area contributed by atoms with E-state index >= 15 is 0 Å². The van der Waals surface area contributed by atoms with E-state index < -0.39 is 0 Å². The number of benzene rings is 2. The summed E-state index contributed by atoms with van der Waals surface area (Å²) in [7, 11) is 0. The zero-order valence-corrected chi connectivity index (χ0v) is 11.8. The summed E-state index contributed by atoms with van der Waals surface area (Å²) >= 11 is 0. The van der Waals surface area contributed by atoms with Gasteiger partial charge >= 0.3 is 0 Å². The predicted octanol–water partition coefficient (Wildman–Crippen LogP) is 1.79. The third kappa shape index (κ3) is 4.33. The number of hydrogen-bond acceptors (Lipinski definition) is 3. The van der Waals surface area contributed by atoms with Crippen LogP contribution in [0.15, 0.2) is 54.6 Å². The summed E-state index contributed by atoms with van der Waals surface area (Å²) in [5.74, 6) is -0.122. The smallest absolute Gasteiger partial charge is 0.228 e. The highest BCUT2D eigenvalue weighted by molar-refractivity contribution is 5.83. The average Bonchev–Trinajstić information content (AvgIpc) is 2.51. The van der Waals surface area contributed by atoms with Crippen molar-refractivity contribution in [2.45, 2.75) is 12.3 Å². The van der Waals surface area contributed by atoms with Gasteiger partial charge in [0, 0.05) is 13.1 Å².